The molecule has 0 heterocycles. The standard InChI is InChI=1S/C13H20N2O4S/c1-4-5-8-14-20(17,18)13-9-11(15-10(2)16)6-7-12(13)19-3/h6-7,9,14H,4-5,8H2,1-3H3,(H,15,16). The number of methoxy groups -OCH3 is 1. The highest BCUT2D eigenvalue weighted by atomic mass is 32.2. The third kappa shape index (κ3) is 4.50. The monoisotopic (exact) mass is 300 g/mol. The van der Waals surface area contributed by atoms with Crippen molar-refractivity contribution in [3.63, 3.8) is 0 Å². The zero-order chi connectivity index (χ0) is 15.2. The van der Waals surface area contributed by atoms with Crippen LogP contribution in [-0.2, 0) is 14.8 Å². The Morgan fingerprint density at radius 3 is 2.60 bits per heavy atom. The number of carbonyl (C=O) groups excluding carboxylic acids is 1. The Morgan fingerprint density at radius 1 is 1.35 bits per heavy atom. The lowest BCUT2D eigenvalue weighted by Crippen LogP contribution is -2.25. The molecule has 2 N–H and O–H groups in total. The molecule has 0 unspecified atom stereocenters. The Morgan fingerprint density at radius 2 is 2.05 bits per heavy atom. The van der Waals surface area contributed by atoms with E-state index in [1.807, 2.05) is 6.92 Å². The lowest BCUT2D eigenvalue weighted by Gasteiger charge is -2.12. The van der Waals surface area contributed by atoms with Gasteiger partial charge in [-0.15, -0.1) is 0 Å². The second-order valence-electron chi connectivity index (χ2n) is 4.30. The number of carbonyl (C=O) groups is 1. The summed E-state index contributed by atoms with van der Waals surface area (Å²) < 4.78 is 32.0. The van der Waals surface area contributed by atoms with Crippen molar-refractivity contribution >= 4 is 21.6 Å². The van der Waals surface area contributed by atoms with Crippen molar-refractivity contribution in [1.82, 2.24) is 4.72 Å². The summed E-state index contributed by atoms with van der Waals surface area (Å²) in [5.41, 5.74) is 0.411. The molecule has 0 atom stereocenters. The van der Waals surface area contributed by atoms with Crippen LogP contribution in [0.4, 0.5) is 5.69 Å². The van der Waals surface area contributed by atoms with E-state index >= 15 is 0 Å². The van der Waals surface area contributed by atoms with Crippen LogP contribution >= 0.6 is 0 Å². The topological polar surface area (TPSA) is 84.5 Å². The Kier molecular flexibility index (Phi) is 5.97. The molecular formula is C13H20N2O4S. The first-order valence-electron chi connectivity index (χ1n) is 6.36. The number of rotatable bonds is 7. The van der Waals surface area contributed by atoms with Gasteiger partial charge in [-0.2, -0.15) is 0 Å². The lowest BCUT2D eigenvalue weighted by atomic mass is 10.3. The highest BCUT2D eigenvalue weighted by molar-refractivity contribution is 7.89. The van der Waals surface area contributed by atoms with Crippen LogP contribution in [0.5, 0.6) is 5.75 Å². The number of hydrogen-bond acceptors (Lipinski definition) is 4. The maximum absolute atomic E-state index is 12.2. The van der Waals surface area contributed by atoms with E-state index in [1.54, 1.807) is 6.07 Å². The van der Waals surface area contributed by atoms with Crippen LogP contribution in [0.25, 0.3) is 0 Å². The molecule has 20 heavy (non-hydrogen) atoms. The summed E-state index contributed by atoms with van der Waals surface area (Å²) in [6, 6.07) is 4.49. The second-order valence-corrected chi connectivity index (χ2v) is 6.03. The minimum Gasteiger partial charge on any atom is -0.495 e. The molecule has 0 saturated carbocycles. The first kappa shape index (κ1) is 16.5. The number of ether oxygens (including phenoxy) is 1. The average Bonchev–Trinajstić information content (AvgIpc) is 2.38. The van der Waals surface area contributed by atoms with Crippen molar-refractivity contribution in [2.75, 3.05) is 19.0 Å². The Bertz CT molecular complexity index is 570. The average molecular weight is 300 g/mol. The van der Waals surface area contributed by atoms with Gasteiger partial charge in [0.25, 0.3) is 0 Å². The van der Waals surface area contributed by atoms with Crippen LogP contribution in [-0.4, -0.2) is 28.0 Å². The summed E-state index contributed by atoms with van der Waals surface area (Å²) in [6.07, 6.45) is 1.65. The van der Waals surface area contributed by atoms with Crippen LogP contribution in [0.3, 0.4) is 0 Å². The number of anilines is 1. The van der Waals surface area contributed by atoms with E-state index in [9.17, 15) is 13.2 Å². The molecule has 0 fully saturated rings. The van der Waals surface area contributed by atoms with E-state index in [1.165, 1.54) is 26.2 Å². The van der Waals surface area contributed by atoms with Gasteiger partial charge in [-0.05, 0) is 24.6 Å². The molecule has 0 bridgehead atoms. The Labute approximate surface area is 119 Å². The van der Waals surface area contributed by atoms with E-state index in [0.717, 1.165) is 12.8 Å². The molecular weight excluding hydrogens is 280 g/mol. The number of amides is 1. The third-order valence-corrected chi connectivity index (χ3v) is 4.08. The largest absolute Gasteiger partial charge is 0.495 e. The van der Waals surface area contributed by atoms with Crippen molar-refractivity contribution in [2.45, 2.75) is 31.6 Å². The Balaban J connectivity index is 3.09. The molecule has 1 aromatic carbocycles. The number of nitrogens with one attached hydrogen (secondary N) is 2. The smallest absolute Gasteiger partial charge is 0.244 e. The Hall–Kier alpha value is -1.60. The van der Waals surface area contributed by atoms with E-state index in [0.29, 0.717) is 12.2 Å². The van der Waals surface area contributed by atoms with Crippen LogP contribution in [0.1, 0.15) is 26.7 Å². The van der Waals surface area contributed by atoms with Crippen LogP contribution in [0, 0.1) is 0 Å². The molecule has 0 aliphatic heterocycles. The van der Waals surface area contributed by atoms with Gasteiger partial charge in [0.2, 0.25) is 15.9 Å². The molecule has 0 aliphatic carbocycles. The van der Waals surface area contributed by atoms with Gasteiger partial charge in [-0.1, -0.05) is 13.3 Å². The highest BCUT2D eigenvalue weighted by Crippen LogP contribution is 2.27. The first-order valence-corrected chi connectivity index (χ1v) is 7.84. The third-order valence-electron chi connectivity index (χ3n) is 2.60. The molecule has 1 rings (SSSR count). The number of unbranched alkanes of at least 4 members (excludes halogenated alkanes) is 1. The number of benzene rings is 1. The predicted molar refractivity (Wildman–Crippen MR) is 77.4 cm³/mol. The summed E-state index contributed by atoms with van der Waals surface area (Å²) in [5, 5.41) is 2.55. The summed E-state index contributed by atoms with van der Waals surface area (Å²) in [7, 11) is -2.26. The fourth-order valence-corrected chi connectivity index (χ4v) is 2.90. The van der Waals surface area contributed by atoms with E-state index < -0.39 is 10.0 Å². The summed E-state index contributed by atoms with van der Waals surface area (Å²) in [6.45, 7) is 3.70. The van der Waals surface area contributed by atoms with Gasteiger partial charge in [0, 0.05) is 19.2 Å². The minimum absolute atomic E-state index is 0.0161. The lowest BCUT2D eigenvalue weighted by molar-refractivity contribution is -0.114. The van der Waals surface area contributed by atoms with Gasteiger partial charge in [0.1, 0.15) is 10.6 Å². The molecule has 112 valence electrons. The van der Waals surface area contributed by atoms with Gasteiger partial charge >= 0.3 is 0 Å². The maximum Gasteiger partial charge on any atom is 0.244 e. The van der Waals surface area contributed by atoms with Crippen molar-refractivity contribution in [3.05, 3.63) is 18.2 Å². The van der Waals surface area contributed by atoms with Gasteiger partial charge in [-0.25, -0.2) is 13.1 Å². The number of hydrogen-bond donors (Lipinski definition) is 2. The molecule has 0 spiro atoms. The zero-order valence-corrected chi connectivity index (χ0v) is 12.7. The zero-order valence-electron chi connectivity index (χ0n) is 11.9. The molecule has 1 amide bonds. The van der Waals surface area contributed by atoms with Gasteiger partial charge in [-0.3, -0.25) is 4.79 Å². The van der Waals surface area contributed by atoms with Gasteiger partial charge in [0.15, 0.2) is 0 Å². The van der Waals surface area contributed by atoms with Crippen molar-refractivity contribution in [3.8, 4) is 5.75 Å². The van der Waals surface area contributed by atoms with E-state index in [2.05, 4.69) is 10.0 Å². The van der Waals surface area contributed by atoms with Gasteiger partial charge in [0.05, 0.1) is 7.11 Å². The van der Waals surface area contributed by atoms with Crippen molar-refractivity contribution < 1.29 is 17.9 Å². The minimum atomic E-state index is -3.66. The molecule has 6 nitrogen and oxygen atoms in total. The summed E-state index contributed by atoms with van der Waals surface area (Å²) in [5.74, 6) is -0.0273. The number of sulfonamides is 1. The molecule has 1 aromatic rings. The molecule has 0 aliphatic rings. The van der Waals surface area contributed by atoms with Crippen molar-refractivity contribution in [2.24, 2.45) is 0 Å². The molecule has 7 heteroatoms. The normalized spacial score (nSPS) is 11.2. The van der Waals surface area contributed by atoms with E-state index in [-0.39, 0.29) is 16.6 Å². The molecule has 0 aromatic heterocycles. The fourth-order valence-electron chi connectivity index (χ4n) is 1.63. The summed E-state index contributed by atoms with van der Waals surface area (Å²) >= 11 is 0. The maximum atomic E-state index is 12.2. The van der Waals surface area contributed by atoms with Gasteiger partial charge < -0.3 is 10.1 Å². The van der Waals surface area contributed by atoms with Crippen LogP contribution < -0.4 is 14.8 Å². The molecule has 0 saturated heterocycles. The second kappa shape index (κ2) is 7.25. The molecule has 0 radical (unpaired) electrons. The summed E-state index contributed by atoms with van der Waals surface area (Å²) in [4.78, 5) is 11.0. The predicted octanol–water partition coefficient (Wildman–Crippen LogP) is 1.73. The van der Waals surface area contributed by atoms with Crippen LogP contribution in [0.15, 0.2) is 23.1 Å². The SMILES string of the molecule is CCCCNS(=O)(=O)c1cc(NC(C)=O)ccc1OC. The van der Waals surface area contributed by atoms with Crippen molar-refractivity contribution in [1.29, 1.82) is 0 Å². The van der Waals surface area contributed by atoms with Crippen LogP contribution in [0.2, 0.25) is 0 Å². The fraction of sp³-hybridized carbons (Fsp3) is 0.462. The highest BCUT2D eigenvalue weighted by Gasteiger charge is 2.19. The van der Waals surface area contributed by atoms with E-state index in [4.69, 9.17) is 4.74 Å². The quantitative estimate of drug-likeness (QED) is 0.751. The first-order chi connectivity index (χ1) is 9.40.